The monoisotopic (exact) mass is 260 g/mol. The van der Waals surface area contributed by atoms with E-state index in [2.05, 4.69) is 13.8 Å². The van der Waals surface area contributed by atoms with Crippen molar-refractivity contribution in [2.24, 2.45) is 0 Å². The molecule has 0 fully saturated rings. The molecule has 0 aliphatic carbocycles. The number of aliphatic carboxylic acids is 1. The van der Waals surface area contributed by atoms with Crippen LogP contribution < -0.4 is 0 Å². The first-order valence-corrected chi connectivity index (χ1v) is 6.80. The van der Waals surface area contributed by atoms with Gasteiger partial charge in [0.2, 0.25) is 0 Å². The normalized spacial score (nSPS) is 18.1. The Morgan fingerprint density at radius 3 is 2.00 bits per heavy atom. The molecule has 4 nitrogen and oxygen atoms in total. The SMILES string of the molecule is CCOC(C)(CC)CCOC(C)(CC)CC(=O)O. The molecule has 0 amide bonds. The van der Waals surface area contributed by atoms with E-state index in [4.69, 9.17) is 14.6 Å². The van der Waals surface area contributed by atoms with Gasteiger partial charge >= 0.3 is 5.97 Å². The predicted octanol–water partition coefficient (Wildman–Crippen LogP) is 3.24. The van der Waals surface area contributed by atoms with Gasteiger partial charge in [0.1, 0.15) is 0 Å². The third-order valence-corrected chi connectivity index (χ3v) is 3.60. The first-order valence-electron chi connectivity index (χ1n) is 6.80. The summed E-state index contributed by atoms with van der Waals surface area (Å²) in [6.45, 7) is 11.2. The van der Waals surface area contributed by atoms with Gasteiger partial charge in [0, 0.05) is 6.61 Å². The van der Waals surface area contributed by atoms with Gasteiger partial charge in [-0.25, -0.2) is 0 Å². The minimum Gasteiger partial charge on any atom is -0.481 e. The lowest BCUT2D eigenvalue weighted by atomic mass is 9.97. The molecule has 18 heavy (non-hydrogen) atoms. The predicted molar refractivity (Wildman–Crippen MR) is 71.8 cm³/mol. The van der Waals surface area contributed by atoms with Crippen molar-refractivity contribution >= 4 is 5.97 Å². The van der Waals surface area contributed by atoms with E-state index in [-0.39, 0.29) is 12.0 Å². The van der Waals surface area contributed by atoms with Gasteiger partial charge in [0.15, 0.2) is 0 Å². The van der Waals surface area contributed by atoms with Gasteiger partial charge in [-0.3, -0.25) is 4.79 Å². The fourth-order valence-electron chi connectivity index (χ4n) is 1.81. The molecular weight excluding hydrogens is 232 g/mol. The number of hydrogen-bond donors (Lipinski definition) is 1. The summed E-state index contributed by atoms with van der Waals surface area (Å²) >= 11 is 0. The van der Waals surface area contributed by atoms with Crippen LogP contribution in [0.4, 0.5) is 0 Å². The van der Waals surface area contributed by atoms with Crippen LogP contribution in [0.3, 0.4) is 0 Å². The quantitative estimate of drug-likeness (QED) is 0.655. The molecule has 2 unspecified atom stereocenters. The largest absolute Gasteiger partial charge is 0.481 e. The Labute approximate surface area is 111 Å². The zero-order valence-corrected chi connectivity index (χ0v) is 12.4. The molecule has 0 heterocycles. The van der Waals surface area contributed by atoms with Crippen LogP contribution >= 0.6 is 0 Å². The van der Waals surface area contributed by atoms with E-state index in [0.717, 1.165) is 12.8 Å². The second-order valence-corrected chi connectivity index (χ2v) is 5.21. The summed E-state index contributed by atoms with van der Waals surface area (Å²) in [5, 5.41) is 8.87. The number of carboxylic acid groups (broad SMARTS) is 1. The highest BCUT2D eigenvalue weighted by Crippen LogP contribution is 2.24. The van der Waals surface area contributed by atoms with Crippen molar-refractivity contribution in [2.45, 2.75) is 71.5 Å². The van der Waals surface area contributed by atoms with Gasteiger partial charge in [0.05, 0.1) is 24.2 Å². The molecular formula is C14H28O4. The van der Waals surface area contributed by atoms with E-state index < -0.39 is 11.6 Å². The molecule has 0 aromatic carbocycles. The molecule has 0 radical (unpaired) electrons. The first-order chi connectivity index (χ1) is 8.31. The summed E-state index contributed by atoms with van der Waals surface area (Å²) < 4.78 is 11.5. The minimum atomic E-state index is -0.817. The highest BCUT2D eigenvalue weighted by atomic mass is 16.5. The number of rotatable bonds is 10. The van der Waals surface area contributed by atoms with E-state index in [9.17, 15) is 4.79 Å². The fraction of sp³-hybridized carbons (Fsp3) is 0.929. The lowest BCUT2D eigenvalue weighted by molar-refractivity contribution is -0.146. The maximum atomic E-state index is 10.8. The molecule has 0 saturated heterocycles. The number of carbonyl (C=O) groups is 1. The van der Waals surface area contributed by atoms with Crippen molar-refractivity contribution in [1.82, 2.24) is 0 Å². The second-order valence-electron chi connectivity index (χ2n) is 5.21. The molecule has 0 bridgehead atoms. The third-order valence-electron chi connectivity index (χ3n) is 3.60. The Kier molecular flexibility index (Phi) is 7.48. The Morgan fingerprint density at radius 1 is 1.06 bits per heavy atom. The molecule has 0 spiro atoms. The topological polar surface area (TPSA) is 55.8 Å². The molecule has 1 N–H and O–H groups in total. The van der Waals surface area contributed by atoms with E-state index >= 15 is 0 Å². The standard InChI is InChI=1S/C14H28O4/c1-6-13(4,17-8-3)9-10-18-14(5,7-2)11-12(15)16/h6-11H2,1-5H3,(H,15,16). The number of ether oxygens (including phenoxy) is 2. The highest BCUT2D eigenvalue weighted by Gasteiger charge is 2.28. The Bertz CT molecular complexity index is 254. The van der Waals surface area contributed by atoms with Crippen LogP contribution in [0.5, 0.6) is 0 Å². The molecule has 108 valence electrons. The van der Waals surface area contributed by atoms with Gasteiger partial charge in [-0.1, -0.05) is 13.8 Å². The van der Waals surface area contributed by atoms with E-state index in [1.807, 2.05) is 20.8 Å². The van der Waals surface area contributed by atoms with Crippen LogP contribution in [0.15, 0.2) is 0 Å². The summed E-state index contributed by atoms with van der Waals surface area (Å²) in [5.74, 6) is -0.817. The summed E-state index contributed by atoms with van der Waals surface area (Å²) in [4.78, 5) is 10.8. The Hall–Kier alpha value is -0.610. The van der Waals surface area contributed by atoms with Crippen molar-refractivity contribution in [3.63, 3.8) is 0 Å². The summed E-state index contributed by atoms with van der Waals surface area (Å²) in [6, 6.07) is 0. The molecule has 2 atom stereocenters. The average Bonchev–Trinajstić information content (AvgIpc) is 2.28. The van der Waals surface area contributed by atoms with Gasteiger partial charge in [0.25, 0.3) is 0 Å². The van der Waals surface area contributed by atoms with Crippen LogP contribution in [0.25, 0.3) is 0 Å². The maximum Gasteiger partial charge on any atom is 0.306 e. The van der Waals surface area contributed by atoms with Crippen molar-refractivity contribution in [3.8, 4) is 0 Å². The number of carboxylic acids is 1. The number of hydrogen-bond acceptors (Lipinski definition) is 3. The minimum absolute atomic E-state index is 0.0426. The molecule has 0 aromatic heterocycles. The fourth-order valence-corrected chi connectivity index (χ4v) is 1.81. The van der Waals surface area contributed by atoms with Crippen LogP contribution in [0.2, 0.25) is 0 Å². The third kappa shape index (κ3) is 6.36. The smallest absolute Gasteiger partial charge is 0.306 e. The van der Waals surface area contributed by atoms with Crippen LogP contribution in [0.1, 0.15) is 60.3 Å². The summed E-state index contributed by atoms with van der Waals surface area (Å²) in [5.41, 5.74) is -0.751. The lowest BCUT2D eigenvalue weighted by Crippen LogP contribution is -2.35. The van der Waals surface area contributed by atoms with Crippen molar-refractivity contribution in [2.75, 3.05) is 13.2 Å². The second kappa shape index (κ2) is 7.74. The lowest BCUT2D eigenvalue weighted by Gasteiger charge is -2.32. The van der Waals surface area contributed by atoms with Gasteiger partial charge in [-0.05, 0) is 40.0 Å². The van der Waals surface area contributed by atoms with E-state index in [1.165, 1.54) is 0 Å². The van der Waals surface area contributed by atoms with Crippen LogP contribution in [0, 0.1) is 0 Å². The van der Waals surface area contributed by atoms with E-state index in [1.54, 1.807) is 0 Å². The van der Waals surface area contributed by atoms with Gasteiger partial charge < -0.3 is 14.6 Å². The van der Waals surface area contributed by atoms with Crippen molar-refractivity contribution in [3.05, 3.63) is 0 Å². The highest BCUT2D eigenvalue weighted by molar-refractivity contribution is 5.68. The van der Waals surface area contributed by atoms with Crippen molar-refractivity contribution in [1.29, 1.82) is 0 Å². The summed E-state index contributed by atoms with van der Waals surface area (Å²) in [7, 11) is 0. The van der Waals surface area contributed by atoms with Gasteiger partial charge in [-0.15, -0.1) is 0 Å². The summed E-state index contributed by atoms with van der Waals surface area (Å²) in [6.07, 6.45) is 2.44. The van der Waals surface area contributed by atoms with Crippen LogP contribution in [-0.4, -0.2) is 35.5 Å². The molecule has 0 aliphatic rings. The van der Waals surface area contributed by atoms with Gasteiger partial charge in [-0.2, -0.15) is 0 Å². The van der Waals surface area contributed by atoms with Crippen molar-refractivity contribution < 1.29 is 19.4 Å². The Balaban J connectivity index is 4.25. The molecule has 0 saturated carbocycles. The first kappa shape index (κ1) is 17.4. The molecule has 0 aliphatic heterocycles. The zero-order valence-electron chi connectivity index (χ0n) is 12.4. The molecule has 0 rings (SSSR count). The average molecular weight is 260 g/mol. The zero-order chi connectivity index (χ0) is 14.2. The van der Waals surface area contributed by atoms with Crippen LogP contribution in [-0.2, 0) is 14.3 Å². The van der Waals surface area contributed by atoms with E-state index in [0.29, 0.717) is 19.6 Å². The molecule has 4 heteroatoms. The Morgan fingerprint density at radius 2 is 1.61 bits per heavy atom. The maximum absolute atomic E-state index is 10.8. The molecule has 0 aromatic rings.